The predicted molar refractivity (Wildman–Crippen MR) is 66.5 cm³/mol. The summed E-state index contributed by atoms with van der Waals surface area (Å²) in [6, 6.07) is 5.51. The van der Waals surface area contributed by atoms with E-state index < -0.39 is 0 Å². The number of hydrogen-bond acceptors (Lipinski definition) is 2. The highest BCUT2D eigenvalue weighted by Crippen LogP contribution is 2.34. The van der Waals surface area contributed by atoms with Crippen LogP contribution in [0.5, 0.6) is 0 Å². The molecular weight excluding hydrogens is 231 g/mol. The van der Waals surface area contributed by atoms with E-state index in [1.807, 2.05) is 18.2 Å². The molecule has 0 aliphatic heterocycles. The second-order valence-electron chi connectivity index (χ2n) is 3.66. The van der Waals surface area contributed by atoms with Crippen LogP contribution in [0.15, 0.2) is 18.2 Å². The Morgan fingerprint density at radius 1 is 1.13 bits per heavy atom. The van der Waals surface area contributed by atoms with Gasteiger partial charge in [0.1, 0.15) is 0 Å². The topological polar surface area (TPSA) is 52.0 Å². The zero-order valence-corrected chi connectivity index (χ0v) is 10.2. The maximum Gasteiger partial charge on any atom is 0.0455 e. The van der Waals surface area contributed by atoms with Crippen molar-refractivity contribution in [1.29, 1.82) is 0 Å². The molecule has 4 N–H and O–H groups in total. The van der Waals surface area contributed by atoms with E-state index >= 15 is 0 Å². The molecule has 0 amide bonds. The third kappa shape index (κ3) is 2.85. The highest BCUT2D eigenvalue weighted by atomic mass is 35.5. The van der Waals surface area contributed by atoms with E-state index in [2.05, 4.69) is 6.92 Å². The number of hydrogen-bond donors (Lipinski definition) is 2. The second-order valence-corrected chi connectivity index (χ2v) is 4.47. The summed E-state index contributed by atoms with van der Waals surface area (Å²) in [6.07, 6.45) is 0. The minimum atomic E-state index is 0.182. The van der Waals surface area contributed by atoms with Gasteiger partial charge in [0.15, 0.2) is 0 Å². The van der Waals surface area contributed by atoms with Crippen LogP contribution in [-0.4, -0.2) is 13.1 Å². The van der Waals surface area contributed by atoms with Gasteiger partial charge >= 0.3 is 0 Å². The summed E-state index contributed by atoms with van der Waals surface area (Å²) in [7, 11) is 0. The number of halogens is 2. The number of benzene rings is 1. The van der Waals surface area contributed by atoms with E-state index in [-0.39, 0.29) is 11.8 Å². The molecule has 1 atom stereocenters. The van der Waals surface area contributed by atoms with E-state index in [0.29, 0.717) is 23.1 Å². The molecule has 0 fully saturated rings. The lowest BCUT2D eigenvalue weighted by Crippen LogP contribution is -2.28. The van der Waals surface area contributed by atoms with Crippen molar-refractivity contribution in [2.45, 2.75) is 12.8 Å². The predicted octanol–water partition coefficient (Wildman–Crippen LogP) is 2.63. The second kappa shape index (κ2) is 5.71. The van der Waals surface area contributed by atoms with Gasteiger partial charge in [0.2, 0.25) is 0 Å². The van der Waals surface area contributed by atoms with Crippen molar-refractivity contribution in [3.8, 4) is 0 Å². The standard InChI is InChI=1S/C11H16Cl2N2/c1-7(8(5-14)6-15)11-9(12)3-2-4-10(11)13/h2-4,7-8H,5-6,14-15H2,1H3. The van der Waals surface area contributed by atoms with Gasteiger partial charge in [-0.1, -0.05) is 36.2 Å². The van der Waals surface area contributed by atoms with Crippen molar-refractivity contribution in [3.63, 3.8) is 0 Å². The van der Waals surface area contributed by atoms with Gasteiger partial charge in [-0.3, -0.25) is 0 Å². The Morgan fingerprint density at radius 3 is 2.00 bits per heavy atom. The molecule has 0 aromatic heterocycles. The van der Waals surface area contributed by atoms with Crippen molar-refractivity contribution in [2.24, 2.45) is 17.4 Å². The average Bonchev–Trinajstić information content (AvgIpc) is 2.19. The third-order valence-corrected chi connectivity index (χ3v) is 3.43. The van der Waals surface area contributed by atoms with Crippen molar-refractivity contribution >= 4 is 23.2 Å². The van der Waals surface area contributed by atoms with Crippen molar-refractivity contribution in [2.75, 3.05) is 13.1 Å². The quantitative estimate of drug-likeness (QED) is 0.859. The molecule has 15 heavy (non-hydrogen) atoms. The molecule has 84 valence electrons. The van der Waals surface area contributed by atoms with Gasteiger partial charge in [-0.05, 0) is 42.6 Å². The molecule has 0 radical (unpaired) electrons. The Labute approximate surface area is 101 Å². The Morgan fingerprint density at radius 2 is 1.60 bits per heavy atom. The number of rotatable bonds is 4. The SMILES string of the molecule is CC(c1c(Cl)cccc1Cl)C(CN)CN. The molecule has 1 aromatic rings. The lowest BCUT2D eigenvalue weighted by atomic mass is 9.87. The van der Waals surface area contributed by atoms with E-state index in [4.69, 9.17) is 34.7 Å². The zero-order chi connectivity index (χ0) is 11.4. The van der Waals surface area contributed by atoms with E-state index in [9.17, 15) is 0 Å². The lowest BCUT2D eigenvalue weighted by molar-refractivity contribution is 0.467. The molecule has 0 aliphatic carbocycles. The minimum absolute atomic E-state index is 0.182. The van der Waals surface area contributed by atoms with Gasteiger partial charge in [0.05, 0.1) is 0 Å². The van der Waals surface area contributed by atoms with Crippen LogP contribution in [0.3, 0.4) is 0 Å². The van der Waals surface area contributed by atoms with Crippen molar-refractivity contribution < 1.29 is 0 Å². The molecule has 0 saturated heterocycles. The monoisotopic (exact) mass is 246 g/mol. The van der Waals surface area contributed by atoms with Crippen LogP contribution in [0.2, 0.25) is 10.0 Å². The van der Waals surface area contributed by atoms with Crippen LogP contribution in [-0.2, 0) is 0 Å². The largest absolute Gasteiger partial charge is 0.330 e. The number of nitrogens with two attached hydrogens (primary N) is 2. The van der Waals surface area contributed by atoms with Gasteiger partial charge in [-0.2, -0.15) is 0 Å². The average molecular weight is 247 g/mol. The van der Waals surface area contributed by atoms with Gasteiger partial charge in [-0.25, -0.2) is 0 Å². The molecule has 2 nitrogen and oxygen atoms in total. The third-order valence-electron chi connectivity index (χ3n) is 2.77. The summed E-state index contributed by atoms with van der Waals surface area (Å²) >= 11 is 12.2. The molecule has 0 aliphatic rings. The van der Waals surface area contributed by atoms with Gasteiger partial charge < -0.3 is 11.5 Å². The fraction of sp³-hybridized carbons (Fsp3) is 0.455. The van der Waals surface area contributed by atoms with Crippen LogP contribution < -0.4 is 11.5 Å². The molecule has 0 spiro atoms. The first-order chi connectivity index (χ1) is 7.11. The summed E-state index contributed by atoms with van der Waals surface area (Å²) in [5, 5.41) is 1.36. The molecule has 0 bridgehead atoms. The highest BCUT2D eigenvalue weighted by Gasteiger charge is 2.20. The molecule has 1 rings (SSSR count). The minimum Gasteiger partial charge on any atom is -0.330 e. The Bertz CT molecular complexity index is 304. The first-order valence-electron chi connectivity index (χ1n) is 4.95. The highest BCUT2D eigenvalue weighted by molar-refractivity contribution is 6.36. The first kappa shape index (κ1) is 12.8. The van der Waals surface area contributed by atoms with Crippen molar-refractivity contribution in [1.82, 2.24) is 0 Å². The summed E-state index contributed by atoms with van der Waals surface area (Å²) in [6.45, 7) is 3.13. The maximum atomic E-state index is 6.12. The fourth-order valence-corrected chi connectivity index (χ4v) is 2.43. The Balaban J connectivity index is 3.04. The van der Waals surface area contributed by atoms with Crippen LogP contribution >= 0.6 is 23.2 Å². The summed E-state index contributed by atoms with van der Waals surface area (Å²) < 4.78 is 0. The van der Waals surface area contributed by atoms with Gasteiger partial charge in [0, 0.05) is 10.0 Å². The van der Waals surface area contributed by atoms with E-state index in [1.165, 1.54) is 0 Å². The van der Waals surface area contributed by atoms with Crippen molar-refractivity contribution in [3.05, 3.63) is 33.8 Å². The summed E-state index contributed by atoms with van der Waals surface area (Å²) in [4.78, 5) is 0. The van der Waals surface area contributed by atoms with Crippen LogP contribution in [0.4, 0.5) is 0 Å². The van der Waals surface area contributed by atoms with E-state index in [1.54, 1.807) is 0 Å². The fourth-order valence-electron chi connectivity index (χ4n) is 1.69. The molecule has 1 aromatic carbocycles. The van der Waals surface area contributed by atoms with Crippen LogP contribution in [0, 0.1) is 5.92 Å². The summed E-state index contributed by atoms with van der Waals surface area (Å²) in [5.74, 6) is 0.392. The molecule has 0 heterocycles. The molecule has 4 heteroatoms. The Hall–Kier alpha value is -0.280. The smallest absolute Gasteiger partial charge is 0.0455 e. The van der Waals surface area contributed by atoms with Gasteiger partial charge in [-0.15, -0.1) is 0 Å². The zero-order valence-electron chi connectivity index (χ0n) is 8.71. The lowest BCUT2D eigenvalue weighted by Gasteiger charge is -2.23. The maximum absolute atomic E-state index is 6.12. The molecule has 0 saturated carbocycles. The molecular formula is C11H16Cl2N2. The summed E-state index contributed by atoms with van der Waals surface area (Å²) in [5.41, 5.74) is 12.3. The van der Waals surface area contributed by atoms with E-state index in [0.717, 1.165) is 5.56 Å². The van der Waals surface area contributed by atoms with Crippen LogP contribution in [0.25, 0.3) is 0 Å². The van der Waals surface area contributed by atoms with Gasteiger partial charge in [0.25, 0.3) is 0 Å². The normalized spacial score (nSPS) is 13.2. The molecule has 1 unspecified atom stereocenters. The first-order valence-corrected chi connectivity index (χ1v) is 5.71. The Kier molecular flexibility index (Phi) is 4.87. The van der Waals surface area contributed by atoms with Crippen LogP contribution in [0.1, 0.15) is 18.4 Å².